The number of hydrogen-bond donors (Lipinski definition) is 3. The van der Waals surface area contributed by atoms with Crippen LogP contribution in [0.15, 0.2) is 72.9 Å². The van der Waals surface area contributed by atoms with Crippen LogP contribution < -0.4 is 16.0 Å². The molecule has 0 radical (unpaired) electrons. The van der Waals surface area contributed by atoms with Crippen LogP contribution in [0.5, 0.6) is 0 Å². The summed E-state index contributed by atoms with van der Waals surface area (Å²) in [6.45, 7) is 4.77. The van der Waals surface area contributed by atoms with E-state index in [-0.39, 0.29) is 5.78 Å². The Bertz CT molecular complexity index is 1370. The van der Waals surface area contributed by atoms with Crippen molar-refractivity contribution in [3.05, 3.63) is 95.2 Å². The van der Waals surface area contributed by atoms with Crippen LogP contribution in [0.4, 0.5) is 17.1 Å². The van der Waals surface area contributed by atoms with Gasteiger partial charge >= 0.3 is 0 Å². The Morgan fingerprint density at radius 1 is 0.865 bits per heavy atom. The SMILES string of the molecule is CC(=O)c1cccc(Nc2ccc3c(c2)C(=CNc2ccc(CN4CCCCC4)cc2)C(=O)NC3=O)c1. The number of amides is 2. The normalized spacial score (nSPS) is 16.7. The lowest BCUT2D eigenvalue weighted by atomic mass is 9.94. The number of Topliss-reactive ketones (excluding diaryl/α,β-unsaturated/α-hetero) is 1. The Morgan fingerprint density at radius 2 is 1.59 bits per heavy atom. The van der Waals surface area contributed by atoms with Gasteiger partial charge < -0.3 is 10.6 Å². The van der Waals surface area contributed by atoms with Crippen LogP contribution in [-0.2, 0) is 11.3 Å². The van der Waals surface area contributed by atoms with E-state index in [1.165, 1.54) is 31.7 Å². The fourth-order valence-corrected chi connectivity index (χ4v) is 4.77. The maximum absolute atomic E-state index is 12.7. The van der Waals surface area contributed by atoms with Gasteiger partial charge in [0.25, 0.3) is 11.8 Å². The third-order valence-electron chi connectivity index (χ3n) is 6.78. The average Bonchev–Trinajstić information content (AvgIpc) is 2.90. The number of nitrogens with zero attached hydrogens (tertiary/aromatic N) is 1. The zero-order valence-corrected chi connectivity index (χ0v) is 20.8. The lowest BCUT2D eigenvalue weighted by Crippen LogP contribution is -2.36. The summed E-state index contributed by atoms with van der Waals surface area (Å²) in [6.07, 6.45) is 5.49. The highest BCUT2D eigenvalue weighted by atomic mass is 16.2. The van der Waals surface area contributed by atoms with Crippen molar-refractivity contribution in [2.45, 2.75) is 32.7 Å². The number of fused-ring (bicyclic) bond motifs is 1. The number of imide groups is 1. The molecule has 2 aliphatic rings. The van der Waals surface area contributed by atoms with Crippen LogP contribution in [0.3, 0.4) is 0 Å². The van der Waals surface area contributed by atoms with E-state index in [0.717, 1.165) is 31.0 Å². The highest BCUT2D eigenvalue weighted by molar-refractivity contribution is 6.31. The molecule has 0 atom stereocenters. The number of hydrogen-bond acceptors (Lipinski definition) is 6. The predicted octanol–water partition coefficient (Wildman–Crippen LogP) is 5.34. The van der Waals surface area contributed by atoms with Crippen molar-refractivity contribution < 1.29 is 14.4 Å². The van der Waals surface area contributed by atoms with E-state index in [9.17, 15) is 14.4 Å². The van der Waals surface area contributed by atoms with Crippen LogP contribution in [0, 0.1) is 0 Å². The van der Waals surface area contributed by atoms with Crippen LogP contribution >= 0.6 is 0 Å². The van der Waals surface area contributed by atoms with Crippen molar-refractivity contribution in [2.75, 3.05) is 23.7 Å². The minimum atomic E-state index is -0.456. The van der Waals surface area contributed by atoms with Crippen molar-refractivity contribution in [2.24, 2.45) is 0 Å². The summed E-state index contributed by atoms with van der Waals surface area (Å²) < 4.78 is 0. The van der Waals surface area contributed by atoms with Crippen LogP contribution in [0.1, 0.15) is 58.0 Å². The van der Waals surface area contributed by atoms with Crippen molar-refractivity contribution in [1.82, 2.24) is 10.2 Å². The van der Waals surface area contributed by atoms with Gasteiger partial charge in [-0.25, -0.2) is 0 Å². The van der Waals surface area contributed by atoms with E-state index in [2.05, 4.69) is 33.0 Å². The largest absolute Gasteiger partial charge is 0.361 e. The molecule has 1 saturated heterocycles. The first kappa shape index (κ1) is 24.5. The summed E-state index contributed by atoms with van der Waals surface area (Å²) in [4.78, 5) is 39.4. The van der Waals surface area contributed by atoms with Crippen molar-refractivity contribution in [3.63, 3.8) is 0 Å². The molecule has 5 rings (SSSR count). The smallest absolute Gasteiger partial charge is 0.260 e. The molecule has 0 aromatic heterocycles. The summed E-state index contributed by atoms with van der Waals surface area (Å²) in [6, 6.07) is 20.7. The summed E-state index contributed by atoms with van der Waals surface area (Å²) in [5, 5.41) is 8.90. The Kier molecular flexibility index (Phi) is 7.14. The molecule has 2 amide bonds. The molecule has 3 aromatic rings. The molecule has 2 heterocycles. The molecule has 0 spiro atoms. The molecule has 0 aliphatic carbocycles. The molecule has 0 bridgehead atoms. The Morgan fingerprint density at radius 3 is 2.35 bits per heavy atom. The second-order valence-corrected chi connectivity index (χ2v) is 9.54. The second-order valence-electron chi connectivity index (χ2n) is 9.54. The molecule has 0 saturated carbocycles. The van der Waals surface area contributed by atoms with E-state index in [0.29, 0.717) is 28.0 Å². The van der Waals surface area contributed by atoms with Gasteiger partial charge in [-0.05, 0) is 80.9 Å². The first-order valence-corrected chi connectivity index (χ1v) is 12.6. The van der Waals surface area contributed by atoms with Gasteiger partial charge in [0.15, 0.2) is 5.78 Å². The number of ketones is 1. The molecule has 3 aromatic carbocycles. The zero-order chi connectivity index (χ0) is 25.8. The lowest BCUT2D eigenvalue weighted by Gasteiger charge is -2.26. The molecule has 1 fully saturated rings. The van der Waals surface area contributed by atoms with Crippen molar-refractivity contribution in [3.8, 4) is 0 Å². The zero-order valence-electron chi connectivity index (χ0n) is 20.8. The second kappa shape index (κ2) is 10.8. The predicted molar refractivity (Wildman–Crippen MR) is 146 cm³/mol. The highest BCUT2D eigenvalue weighted by Gasteiger charge is 2.27. The molecule has 37 heavy (non-hydrogen) atoms. The summed E-state index contributed by atoms with van der Waals surface area (Å²) in [5.74, 6) is -0.904. The van der Waals surface area contributed by atoms with Gasteiger partial charge in [0.1, 0.15) is 0 Å². The van der Waals surface area contributed by atoms with E-state index >= 15 is 0 Å². The van der Waals surface area contributed by atoms with E-state index in [1.54, 1.807) is 36.5 Å². The van der Waals surface area contributed by atoms with Gasteiger partial charge in [-0.15, -0.1) is 0 Å². The third kappa shape index (κ3) is 5.78. The van der Waals surface area contributed by atoms with Gasteiger partial charge in [0.2, 0.25) is 0 Å². The van der Waals surface area contributed by atoms with E-state index < -0.39 is 11.8 Å². The Balaban J connectivity index is 1.35. The molecule has 7 nitrogen and oxygen atoms in total. The quantitative estimate of drug-likeness (QED) is 0.233. The number of carbonyl (C=O) groups excluding carboxylic acids is 3. The Labute approximate surface area is 216 Å². The van der Waals surface area contributed by atoms with Crippen molar-refractivity contribution >= 4 is 40.2 Å². The van der Waals surface area contributed by atoms with E-state index in [1.807, 2.05) is 24.3 Å². The molecule has 3 N–H and O–H groups in total. The van der Waals surface area contributed by atoms with E-state index in [4.69, 9.17) is 0 Å². The van der Waals surface area contributed by atoms with Gasteiger partial charge in [-0.2, -0.15) is 0 Å². The first-order valence-electron chi connectivity index (χ1n) is 12.6. The number of anilines is 3. The van der Waals surface area contributed by atoms with Gasteiger partial charge in [-0.3, -0.25) is 24.6 Å². The first-order chi connectivity index (χ1) is 18.0. The lowest BCUT2D eigenvalue weighted by molar-refractivity contribution is -0.114. The maximum Gasteiger partial charge on any atom is 0.260 e. The topological polar surface area (TPSA) is 90.5 Å². The number of benzene rings is 3. The van der Waals surface area contributed by atoms with Gasteiger partial charge in [0, 0.05) is 46.5 Å². The molecular formula is C30H30N4O3. The molecule has 0 unspecified atom stereocenters. The Hall–Kier alpha value is -4.23. The maximum atomic E-state index is 12.7. The monoisotopic (exact) mass is 494 g/mol. The number of carbonyl (C=O) groups is 3. The summed E-state index contributed by atoms with van der Waals surface area (Å²) >= 11 is 0. The number of likely N-dealkylation sites (tertiary alicyclic amines) is 1. The molecule has 188 valence electrons. The van der Waals surface area contributed by atoms with Crippen LogP contribution in [0.25, 0.3) is 5.57 Å². The third-order valence-corrected chi connectivity index (χ3v) is 6.78. The van der Waals surface area contributed by atoms with Crippen LogP contribution in [-0.4, -0.2) is 35.6 Å². The summed E-state index contributed by atoms with van der Waals surface area (Å²) in [7, 11) is 0. The van der Waals surface area contributed by atoms with Crippen molar-refractivity contribution in [1.29, 1.82) is 0 Å². The summed E-state index contributed by atoms with van der Waals surface area (Å²) in [5.41, 5.74) is 5.50. The standard InChI is InChI=1S/C30H30N4O3/c1-20(35)22-6-5-7-24(16-22)32-25-12-13-26-27(17-25)28(30(37)33-29(26)36)18-31-23-10-8-21(9-11-23)19-34-14-3-2-4-15-34/h5-13,16-18,31-32H,2-4,14-15,19H2,1H3,(H,33,36,37). The highest BCUT2D eigenvalue weighted by Crippen LogP contribution is 2.29. The van der Waals surface area contributed by atoms with Gasteiger partial charge in [-0.1, -0.05) is 30.7 Å². The minimum absolute atomic E-state index is 0.0211. The fourth-order valence-electron chi connectivity index (χ4n) is 4.77. The molecular weight excluding hydrogens is 464 g/mol. The average molecular weight is 495 g/mol. The van der Waals surface area contributed by atoms with Gasteiger partial charge in [0.05, 0.1) is 5.57 Å². The van der Waals surface area contributed by atoms with Crippen LogP contribution in [0.2, 0.25) is 0 Å². The number of piperidine rings is 1. The number of nitrogens with one attached hydrogen (secondary N) is 3. The minimum Gasteiger partial charge on any atom is -0.361 e. The molecule has 7 heteroatoms. The molecule has 2 aliphatic heterocycles. The fraction of sp³-hybridized carbons (Fsp3) is 0.233. The number of rotatable bonds is 7.